The Bertz CT molecular complexity index is 400. The molecule has 0 unspecified atom stereocenters. The van der Waals surface area contributed by atoms with Crippen molar-refractivity contribution in [2.24, 2.45) is 0 Å². The van der Waals surface area contributed by atoms with Crippen molar-refractivity contribution in [1.82, 2.24) is 4.98 Å². The van der Waals surface area contributed by atoms with E-state index in [9.17, 15) is 0 Å². The maximum Gasteiger partial charge on any atom is 0.165 e. The Kier molecular flexibility index (Phi) is 6.59. The Balaban J connectivity index is 2.22. The Labute approximate surface area is 108 Å². The number of nitriles is 1. The first-order valence-corrected chi connectivity index (χ1v) is 6.26. The summed E-state index contributed by atoms with van der Waals surface area (Å²) in [5.41, 5.74) is 6.26. The average Bonchev–Trinajstić information content (AvgIpc) is 2.39. The predicted molar refractivity (Wildman–Crippen MR) is 72.2 cm³/mol. The first kappa shape index (κ1) is 14.3. The van der Waals surface area contributed by atoms with Gasteiger partial charge in [-0.2, -0.15) is 5.26 Å². The number of hydrogen-bond donors (Lipinski definition) is 2. The smallest absolute Gasteiger partial charge is 0.165 e. The fraction of sp³-hybridized carbons (Fsp3) is 0.538. The number of pyridine rings is 1. The number of nitrogens with one attached hydrogen (secondary N) is 1. The molecule has 0 saturated heterocycles. The highest BCUT2D eigenvalue weighted by molar-refractivity contribution is 5.54. The molecule has 0 spiro atoms. The zero-order valence-electron chi connectivity index (χ0n) is 10.8. The molecule has 5 nitrogen and oxygen atoms in total. The minimum Gasteiger partial charge on any atom is -0.396 e. The van der Waals surface area contributed by atoms with Gasteiger partial charge in [0.1, 0.15) is 11.9 Å². The molecule has 1 heterocycles. The van der Waals surface area contributed by atoms with Crippen LogP contribution in [0.1, 0.15) is 31.9 Å². The highest BCUT2D eigenvalue weighted by Crippen LogP contribution is 2.11. The van der Waals surface area contributed by atoms with E-state index in [-0.39, 0.29) is 5.69 Å². The molecule has 0 fully saturated rings. The molecule has 0 amide bonds. The molecule has 0 aromatic carbocycles. The second-order valence-electron chi connectivity index (χ2n) is 3.99. The molecular formula is C13H20N4O. The summed E-state index contributed by atoms with van der Waals surface area (Å²) >= 11 is 0. The van der Waals surface area contributed by atoms with Crippen molar-refractivity contribution in [2.75, 3.05) is 30.8 Å². The van der Waals surface area contributed by atoms with Gasteiger partial charge in [-0.3, -0.25) is 0 Å². The van der Waals surface area contributed by atoms with Crippen molar-refractivity contribution in [3.05, 3.63) is 17.8 Å². The van der Waals surface area contributed by atoms with E-state index in [0.29, 0.717) is 11.5 Å². The van der Waals surface area contributed by atoms with Gasteiger partial charge in [-0.15, -0.1) is 0 Å². The third-order valence-corrected chi connectivity index (χ3v) is 2.45. The van der Waals surface area contributed by atoms with E-state index in [2.05, 4.69) is 17.2 Å². The second-order valence-corrected chi connectivity index (χ2v) is 3.99. The van der Waals surface area contributed by atoms with Crippen LogP contribution < -0.4 is 11.1 Å². The summed E-state index contributed by atoms with van der Waals surface area (Å²) in [5.74, 6) is 0.675. The summed E-state index contributed by atoms with van der Waals surface area (Å²) in [7, 11) is 0. The Morgan fingerprint density at radius 1 is 1.39 bits per heavy atom. The van der Waals surface area contributed by atoms with Gasteiger partial charge in [0.15, 0.2) is 5.69 Å². The molecule has 98 valence electrons. The number of ether oxygens (including phenoxy) is 1. The van der Waals surface area contributed by atoms with Crippen molar-refractivity contribution in [3.8, 4) is 6.07 Å². The van der Waals surface area contributed by atoms with Crippen molar-refractivity contribution in [3.63, 3.8) is 0 Å². The van der Waals surface area contributed by atoms with Crippen molar-refractivity contribution in [1.29, 1.82) is 5.26 Å². The number of rotatable bonds is 8. The molecular weight excluding hydrogens is 228 g/mol. The molecule has 5 heteroatoms. The first-order chi connectivity index (χ1) is 8.77. The third-order valence-electron chi connectivity index (χ3n) is 2.45. The average molecular weight is 248 g/mol. The standard InChI is InChI=1S/C13H20N4O/c1-2-3-8-18-9-4-7-16-13-6-5-11(15)12(10-14)17-13/h5-6H,2-4,7-9,15H2,1H3,(H,16,17). The van der Waals surface area contributed by atoms with Gasteiger partial charge in [0.2, 0.25) is 0 Å². The molecule has 0 atom stereocenters. The van der Waals surface area contributed by atoms with E-state index < -0.39 is 0 Å². The van der Waals surface area contributed by atoms with E-state index in [1.807, 2.05) is 6.07 Å². The molecule has 0 bridgehead atoms. The number of anilines is 2. The second kappa shape index (κ2) is 8.31. The van der Waals surface area contributed by atoms with Gasteiger partial charge in [0.25, 0.3) is 0 Å². The lowest BCUT2D eigenvalue weighted by Gasteiger charge is -2.07. The zero-order valence-corrected chi connectivity index (χ0v) is 10.8. The fourth-order valence-corrected chi connectivity index (χ4v) is 1.40. The van der Waals surface area contributed by atoms with Gasteiger partial charge in [-0.25, -0.2) is 4.98 Å². The normalized spacial score (nSPS) is 10.0. The summed E-state index contributed by atoms with van der Waals surface area (Å²) in [6, 6.07) is 5.42. The quantitative estimate of drug-likeness (QED) is 0.689. The molecule has 1 aromatic rings. The molecule has 1 rings (SSSR count). The van der Waals surface area contributed by atoms with Gasteiger partial charge in [-0.05, 0) is 25.0 Å². The Hall–Kier alpha value is -1.80. The maximum absolute atomic E-state index is 8.79. The van der Waals surface area contributed by atoms with Gasteiger partial charge in [-0.1, -0.05) is 13.3 Å². The number of nitrogen functional groups attached to an aromatic ring is 1. The molecule has 18 heavy (non-hydrogen) atoms. The minimum atomic E-state index is 0.263. The molecule has 1 aromatic heterocycles. The summed E-state index contributed by atoms with van der Waals surface area (Å²) in [5, 5.41) is 11.9. The Morgan fingerprint density at radius 3 is 2.89 bits per heavy atom. The van der Waals surface area contributed by atoms with E-state index in [1.165, 1.54) is 0 Å². The molecule has 3 N–H and O–H groups in total. The van der Waals surface area contributed by atoms with Crippen LogP contribution in [-0.2, 0) is 4.74 Å². The van der Waals surface area contributed by atoms with E-state index in [1.54, 1.807) is 12.1 Å². The molecule has 0 radical (unpaired) electrons. The number of aromatic nitrogens is 1. The molecule has 0 aliphatic carbocycles. The Morgan fingerprint density at radius 2 is 2.17 bits per heavy atom. The number of nitrogens with two attached hydrogens (primary N) is 1. The van der Waals surface area contributed by atoms with Crippen LogP contribution in [0, 0.1) is 11.3 Å². The van der Waals surface area contributed by atoms with E-state index in [4.69, 9.17) is 15.7 Å². The zero-order chi connectivity index (χ0) is 13.2. The topological polar surface area (TPSA) is 84.0 Å². The van der Waals surface area contributed by atoms with Crippen LogP contribution in [0.4, 0.5) is 11.5 Å². The number of hydrogen-bond acceptors (Lipinski definition) is 5. The van der Waals surface area contributed by atoms with Crippen LogP contribution in [0.15, 0.2) is 12.1 Å². The van der Waals surface area contributed by atoms with Gasteiger partial charge >= 0.3 is 0 Å². The monoisotopic (exact) mass is 248 g/mol. The largest absolute Gasteiger partial charge is 0.396 e. The fourth-order valence-electron chi connectivity index (χ4n) is 1.40. The van der Waals surface area contributed by atoms with Gasteiger partial charge in [0, 0.05) is 19.8 Å². The van der Waals surface area contributed by atoms with Crippen LogP contribution in [0.3, 0.4) is 0 Å². The molecule has 0 aliphatic rings. The van der Waals surface area contributed by atoms with E-state index >= 15 is 0 Å². The summed E-state index contributed by atoms with van der Waals surface area (Å²) < 4.78 is 5.44. The highest BCUT2D eigenvalue weighted by atomic mass is 16.5. The minimum absolute atomic E-state index is 0.263. The van der Waals surface area contributed by atoms with Crippen molar-refractivity contribution >= 4 is 11.5 Å². The third kappa shape index (κ3) is 5.02. The number of unbranched alkanes of at least 4 members (excludes halogenated alkanes) is 1. The van der Waals surface area contributed by atoms with Crippen molar-refractivity contribution < 1.29 is 4.74 Å². The molecule has 0 saturated carbocycles. The SMILES string of the molecule is CCCCOCCCNc1ccc(N)c(C#N)n1. The summed E-state index contributed by atoms with van der Waals surface area (Å²) in [6.07, 6.45) is 3.18. The predicted octanol–water partition coefficient (Wildman–Crippen LogP) is 2.15. The van der Waals surface area contributed by atoms with E-state index in [0.717, 1.165) is 39.0 Å². The van der Waals surface area contributed by atoms with Gasteiger partial charge < -0.3 is 15.8 Å². The van der Waals surface area contributed by atoms with Crippen LogP contribution in [-0.4, -0.2) is 24.7 Å². The lowest BCUT2D eigenvalue weighted by Crippen LogP contribution is -2.08. The van der Waals surface area contributed by atoms with Crippen LogP contribution in [0.2, 0.25) is 0 Å². The summed E-state index contributed by atoms with van der Waals surface area (Å²) in [6.45, 7) is 4.49. The van der Waals surface area contributed by atoms with Gasteiger partial charge in [0.05, 0.1) is 5.69 Å². The summed E-state index contributed by atoms with van der Waals surface area (Å²) in [4.78, 5) is 4.10. The van der Waals surface area contributed by atoms with Crippen LogP contribution >= 0.6 is 0 Å². The lowest BCUT2D eigenvalue weighted by molar-refractivity contribution is 0.131. The van der Waals surface area contributed by atoms with Crippen LogP contribution in [0.5, 0.6) is 0 Å². The highest BCUT2D eigenvalue weighted by Gasteiger charge is 2.01. The lowest BCUT2D eigenvalue weighted by atomic mass is 10.3. The van der Waals surface area contributed by atoms with Crippen molar-refractivity contribution in [2.45, 2.75) is 26.2 Å². The first-order valence-electron chi connectivity index (χ1n) is 6.26. The molecule has 0 aliphatic heterocycles. The number of nitrogens with zero attached hydrogens (tertiary/aromatic N) is 2. The van der Waals surface area contributed by atoms with Crippen LogP contribution in [0.25, 0.3) is 0 Å². The maximum atomic E-state index is 8.79.